The summed E-state index contributed by atoms with van der Waals surface area (Å²) in [7, 11) is 0. The lowest BCUT2D eigenvalue weighted by atomic mass is 10.1. The molecule has 2 nitrogen and oxygen atoms in total. The first kappa shape index (κ1) is 15.6. The number of carbonyl (C=O) groups excluding carboxylic acids is 1. The van der Waals surface area contributed by atoms with Crippen LogP contribution < -0.4 is 5.32 Å². The maximum absolute atomic E-state index is 13.4. The van der Waals surface area contributed by atoms with E-state index in [2.05, 4.69) is 5.32 Å². The van der Waals surface area contributed by atoms with Crippen molar-refractivity contribution in [3.05, 3.63) is 71.0 Å². The molecule has 0 unspecified atom stereocenters. The van der Waals surface area contributed by atoms with Gasteiger partial charge < -0.3 is 5.32 Å². The monoisotopic (exact) mass is 303 g/mol. The topological polar surface area (TPSA) is 29.1 Å². The van der Waals surface area contributed by atoms with Gasteiger partial charge in [-0.15, -0.1) is 11.8 Å². The number of thioether (sulfide) groups is 1. The Kier molecular flexibility index (Phi) is 5.81. The Hall–Kier alpha value is -1.81. The number of hydrogen-bond donors (Lipinski definition) is 1. The Morgan fingerprint density at radius 1 is 1.19 bits per heavy atom. The van der Waals surface area contributed by atoms with Gasteiger partial charge in [-0.05, 0) is 24.1 Å². The Morgan fingerprint density at radius 3 is 2.76 bits per heavy atom. The molecule has 0 bridgehead atoms. The van der Waals surface area contributed by atoms with E-state index in [9.17, 15) is 9.18 Å². The summed E-state index contributed by atoms with van der Waals surface area (Å²) >= 11 is 1.41. The SMILES string of the molecule is Cc1cccc(CNC(=O)CSCc2ccccc2F)c1. The Balaban J connectivity index is 1.72. The van der Waals surface area contributed by atoms with Crippen LogP contribution in [0.4, 0.5) is 4.39 Å². The molecule has 0 radical (unpaired) electrons. The largest absolute Gasteiger partial charge is 0.351 e. The van der Waals surface area contributed by atoms with E-state index >= 15 is 0 Å². The van der Waals surface area contributed by atoms with Crippen LogP contribution in [0.2, 0.25) is 0 Å². The van der Waals surface area contributed by atoms with Crippen molar-refractivity contribution in [1.29, 1.82) is 0 Å². The third kappa shape index (κ3) is 5.23. The highest BCUT2D eigenvalue weighted by atomic mass is 32.2. The highest BCUT2D eigenvalue weighted by Crippen LogP contribution is 2.15. The summed E-state index contributed by atoms with van der Waals surface area (Å²) < 4.78 is 13.4. The van der Waals surface area contributed by atoms with Crippen LogP contribution in [0.1, 0.15) is 16.7 Å². The molecule has 0 aliphatic heterocycles. The summed E-state index contributed by atoms with van der Waals surface area (Å²) in [5.41, 5.74) is 2.90. The molecular weight excluding hydrogens is 285 g/mol. The smallest absolute Gasteiger partial charge is 0.230 e. The van der Waals surface area contributed by atoms with E-state index in [-0.39, 0.29) is 11.7 Å². The number of nitrogens with one attached hydrogen (secondary N) is 1. The van der Waals surface area contributed by atoms with Crippen molar-refractivity contribution in [3.8, 4) is 0 Å². The van der Waals surface area contributed by atoms with E-state index in [0.29, 0.717) is 23.6 Å². The quantitative estimate of drug-likeness (QED) is 0.882. The summed E-state index contributed by atoms with van der Waals surface area (Å²) in [5.74, 6) is 0.591. The van der Waals surface area contributed by atoms with Crippen molar-refractivity contribution in [2.45, 2.75) is 19.2 Å². The fourth-order valence-corrected chi connectivity index (χ4v) is 2.79. The number of rotatable bonds is 6. The van der Waals surface area contributed by atoms with Crippen LogP contribution in [0, 0.1) is 12.7 Å². The van der Waals surface area contributed by atoms with Gasteiger partial charge in [-0.2, -0.15) is 0 Å². The average molecular weight is 303 g/mol. The van der Waals surface area contributed by atoms with E-state index in [1.165, 1.54) is 23.4 Å². The molecule has 110 valence electrons. The van der Waals surface area contributed by atoms with Gasteiger partial charge in [0, 0.05) is 12.3 Å². The number of amides is 1. The van der Waals surface area contributed by atoms with Gasteiger partial charge in [-0.25, -0.2) is 4.39 Å². The molecule has 4 heteroatoms. The minimum absolute atomic E-state index is 0.0298. The van der Waals surface area contributed by atoms with E-state index in [1.54, 1.807) is 18.2 Å². The van der Waals surface area contributed by atoms with Gasteiger partial charge in [0.05, 0.1) is 5.75 Å². The van der Waals surface area contributed by atoms with Crippen LogP contribution in [0.5, 0.6) is 0 Å². The maximum atomic E-state index is 13.4. The number of carbonyl (C=O) groups is 1. The fourth-order valence-electron chi connectivity index (χ4n) is 1.94. The average Bonchev–Trinajstić information content (AvgIpc) is 2.47. The zero-order valence-corrected chi connectivity index (χ0v) is 12.8. The van der Waals surface area contributed by atoms with Crippen LogP contribution in [0.3, 0.4) is 0 Å². The predicted octanol–water partition coefficient (Wildman–Crippen LogP) is 3.68. The third-order valence-electron chi connectivity index (χ3n) is 3.02. The molecule has 0 aliphatic carbocycles. The third-order valence-corrected chi connectivity index (χ3v) is 4.00. The van der Waals surface area contributed by atoms with E-state index < -0.39 is 0 Å². The van der Waals surface area contributed by atoms with Gasteiger partial charge in [0.1, 0.15) is 5.82 Å². The summed E-state index contributed by atoms with van der Waals surface area (Å²) in [5, 5.41) is 2.87. The highest BCUT2D eigenvalue weighted by Gasteiger charge is 2.04. The summed E-state index contributed by atoms with van der Waals surface area (Å²) in [6, 6.07) is 14.7. The first-order valence-electron chi connectivity index (χ1n) is 6.78. The van der Waals surface area contributed by atoms with Crippen molar-refractivity contribution in [2.24, 2.45) is 0 Å². The lowest BCUT2D eigenvalue weighted by Crippen LogP contribution is -2.24. The second-order valence-corrected chi connectivity index (χ2v) is 5.84. The molecule has 0 heterocycles. The van der Waals surface area contributed by atoms with Gasteiger partial charge in [0.25, 0.3) is 0 Å². The molecule has 0 spiro atoms. The molecule has 0 saturated carbocycles. The molecule has 2 aromatic rings. The predicted molar refractivity (Wildman–Crippen MR) is 85.6 cm³/mol. The molecule has 0 fully saturated rings. The molecule has 0 aliphatic rings. The molecule has 21 heavy (non-hydrogen) atoms. The Bertz CT molecular complexity index is 615. The van der Waals surface area contributed by atoms with Crippen LogP contribution >= 0.6 is 11.8 Å². The standard InChI is InChI=1S/C17H18FNOS/c1-13-5-4-6-14(9-13)10-19-17(20)12-21-11-15-7-2-3-8-16(15)18/h2-9H,10-12H2,1H3,(H,19,20). The van der Waals surface area contributed by atoms with E-state index in [1.807, 2.05) is 31.2 Å². The fraction of sp³-hybridized carbons (Fsp3) is 0.235. The van der Waals surface area contributed by atoms with Crippen molar-refractivity contribution in [1.82, 2.24) is 5.32 Å². The van der Waals surface area contributed by atoms with Gasteiger partial charge in [0.2, 0.25) is 5.91 Å². The minimum Gasteiger partial charge on any atom is -0.351 e. The zero-order valence-electron chi connectivity index (χ0n) is 11.9. The van der Waals surface area contributed by atoms with Gasteiger partial charge in [-0.3, -0.25) is 4.79 Å². The molecule has 0 atom stereocenters. The lowest BCUT2D eigenvalue weighted by Gasteiger charge is -2.06. The van der Waals surface area contributed by atoms with Crippen molar-refractivity contribution < 1.29 is 9.18 Å². The first-order valence-corrected chi connectivity index (χ1v) is 7.94. The number of benzene rings is 2. The number of halogens is 1. The molecule has 2 rings (SSSR count). The molecule has 1 amide bonds. The second kappa shape index (κ2) is 7.84. The normalized spacial score (nSPS) is 10.4. The van der Waals surface area contributed by atoms with E-state index in [4.69, 9.17) is 0 Å². The Labute approximate surface area is 128 Å². The maximum Gasteiger partial charge on any atom is 0.230 e. The van der Waals surface area contributed by atoms with Crippen molar-refractivity contribution in [3.63, 3.8) is 0 Å². The van der Waals surface area contributed by atoms with Crippen LogP contribution in [-0.4, -0.2) is 11.7 Å². The van der Waals surface area contributed by atoms with E-state index in [0.717, 1.165) is 5.56 Å². The Morgan fingerprint density at radius 2 is 2.00 bits per heavy atom. The van der Waals surface area contributed by atoms with Crippen LogP contribution in [0.15, 0.2) is 48.5 Å². The zero-order chi connectivity index (χ0) is 15.1. The summed E-state index contributed by atoms with van der Waals surface area (Å²) in [6.07, 6.45) is 0. The van der Waals surface area contributed by atoms with Crippen molar-refractivity contribution in [2.75, 3.05) is 5.75 Å². The van der Waals surface area contributed by atoms with Crippen LogP contribution in [-0.2, 0) is 17.1 Å². The molecule has 0 saturated heterocycles. The van der Waals surface area contributed by atoms with Crippen LogP contribution in [0.25, 0.3) is 0 Å². The molecule has 2 aromatic carbocycles. The summed E-state index contributed by atoms with van der Waals surface area (Å²) in [6.45, 7) is 2.55. The minimum atomic E-state index is -0.217. The second-order valence-electron chi connectivity index (χ2n) is 4.85. The van der Waals surface area contributed by atoms with Gasteiger partial charge in [0.15, 0.2) is 0 Å². The molecule has 0 aromatic heterocycles. The number of aryl methyl sites for hydroxylation is 1. The lowest BCUT2D eigenvalue weighted by molar-refractivity contribution is -0.118. The van der Waals surface area contributed by atoms with Gasteiger partial charge in [-0.1, -0.05) is 48.0 Å². The molecular formula is C17H18FNOS. The number of hydrogen-bond acceptors (Lipinski definition) is 2. The molecule has 1 N–H and O–H groups in total. The van der Waals surface area contributed by atoms with Gasteiger partial charge >= 0.3 is 0 Å². The first-order chi connectivity index (χ1) is 10.1. The summed E-state index contributed by atoms with van der Waals surface area (Å²) in [4.78, 5) is 11.8. The highest BCUT2D eigenvalue weighted by molar-refractivity contribution is 7.99. The van der Waals surface area contributed by atoms with Crippen molar-refractivity contribution >= 4 is 17.7 Å².